The maximum atomic E-state index is 5.55. The number of anilines is 1. The van der Waals surface area contributed by atoms with E-state index in [1.165, 1.54) is 0 Å². The molecular weight excluding hydrogens is 244 g/mol. The van der Waals surface area contributed by atoms with Gasteiger partial charge in [-0.2, -0.15) is 0 Å². The number of benzene rings is 1. The Hall–Kier alpha value is -2.08. The molecular formula is C13H18N4O2. The predicted molar refractivity (Wildman–Crippen MR) is 72.1 cm³/mol. The van der Waals surface area contributed by atoms with E-state index in [2.05, 4.69) is 15.6 Å². The maximum absolute atomic E-state index is 5.55. The monoisotopic (exact) mass is 262 g/mol. The van der Waals surface area contributed by atoms with Crippen LogP contribution in [0.3, 0.4) is 0 Å². The lowest BCUT2D eigenvalue weighted by atomic mass is 10.3. The van der Waals surface area contributed by atoms with Crippen molar-refractivity contribution in [3.05, 3.63) is 36.2 Å². The predicted octanol–water partition coefficient (Wildman–Crippen LogP) is 1.45. The van der Waals surface area contributed by atoms with Crippen LogP contribution in [0, 0.1) is 0 Å². The van der Waals surface area contributed by atoms with Gasteiger partial charge in [-0.15, -0.1) is 5.10 Å². The van der Waals surface area contributed by atoms with Gasteiger partial charge in [0.1, 0.15) is 12.4 Å². The minimum atomic E-state index is 0.547. The normalized spacial score (nSPS) is 10.4. The smallest absolute Gasteiger partial charge is 0.121 e. The van der Waals surface area contributed by atoms with E-state index in [1.54, 1.807) is 18.0 Å². The molecule has 0 aliphatic rings. The molecule has 2 aromatic rings. The lowest BCUT2D eigenvalue weighted by Gasteiger charge is -2.09. The SMILES string of the molecule is COCCOc1cccc(NCc2cnnn2C)c1. The standard InChI is InChI=1S/C13H18N4O2/c1-17-12(10-15-16-17)9-14-11-4-3-5-13(8-11)19-7-6-18-2/h3-5,8,10,14H,6-7,9H2,1-2H3. The second kappa shape index (κ2) is 6.75. The van der Waals surface area contributed by atoms with Crippen LogP contribution in [-0.4, -0.2) is 35.3 Å². The molecule has 0 spiro atoms. The number of ether oxygens (including phenoxy) is 2. The fourth-order valence-corrected chi connectivity index (χ4v) is 1.60. The number of nitrogens with one attached hydrogen (secondary N) is 1. The van der Waals surface area contributed by atoms with Gasteiger partial charge >= 0.3 is 0 Å². The first-order chi connectivity index (χ1) is 9.29. The molecule has 1 heterocycles. The Bertz CT molecular complexity index is 513. The summed E-state index contributed by atoms with van der Waals surface area (Å²) in [6.45, 7) is 1.80. The van der Waals surface area contributed by atoms with Crippen LogP contribution in [0.1, 0.15) is 5.69 Å². The Labute approximate surface area is 112 Å². The average molecular weight is 262 g/mol. The zero-order valence-corrected chi connectivity index (χ0v) is 11.2. The Balaban J connectivity index is 1.90. The van der Waals surface area contributed by atoms with Gasteiger partial charge in [-0.05, 0) is 12.1 Å². The topological polar surface area (TPSA) is 61.2 Å². The number of methoxy groups -OCH3 is 1. The van der Waals surface area contributed by atoms with E-state index in [4.69, 9.17) is 9.47 Å². The van der Waals surface area contributed by atoms with Crippen molar-refractivity contribution in [1.29, 1.82) is 0 Å². The van der Waals surface area contributed by atoms with Crippen LogP contribution in [0.5, 0.6) is 5.75 Å². The number of nitrogens with zero attached hydrogens (tertiary/aromatic N) is 3. The van der Waals surface area contributed by atoms with Crippen molar-refractivity contribution < 1.29 is 9.47 Å². The van der Waals surface area contributed by atoms with Crippen molar-refractivity contribution in [3.63, 3.8) is 0 Å². The molecule has 1 aromatic carbocycles. The van der Waals surface area contributed by atoms with Crippen LogP contribution in [0.25, 0.3) is 0 Å². The molecule has 6 heteroatoms. The van der Waals surface area contributed by atoms with Crippen LogP contribution in [-0.2, 0) is 18.3 Å². The highest BCUT2D eigenvalue weighted by Gasteiger charge is 2.01. The molecule has 102 valence electrons. The second-order valence-electron chi connectivity index (χ2n) is 4.07. The lowest BCUT2D eigenvalue weighted by Crippen LogP contribution is -2.06. The maximum Gasteiger partial charge on any atom is 0.121 e. The Morgan fingerprint density at radius 2 is 2.21 bits per heavy atom. The van der Waals surface area contributed by atoms with Gasteiger partial charge in [0.25, 0.3) is 0 Å². The average Bonchev–Trinajstić information content (AvgIpc) is 2.83. The van der Waals surface area contributed by atoms with Crippen molar-refractivity contribution in [2.75, 3.05) is 25.6 Å². The summed E-state index contributed by atoms with van der Waals surface area (Å²) in [5, 5.41) is 11.0. The number of rotatable bonds is 7. The highest BCUT2D eigenvalue weighted by Crippen LogP contribution is 2.17. The largest absolute Gasteiger partial charge is 0.491 e. The van der Waals surface area contributed by atoms with E-state index >= 15 is 0 Å². The molecule has 0 saturated heterocycles. The van der Waals surface area contributed by atoms with Crippen LogP contribution in [0.4, 0.5) is 5.69 Å². The summed E-state index contributed by atoms with van der Waals surface area (Å²) >= 11 is 0. The third-order valence-electron chi connectivity index (χ3n) is 2.67. The van der Waals surface area contributed by atoms with E-state index in [1.807, 2.05) is 31.3 Å². The van der Waals surface area contributed by atoms with Gasteiger partial charge in [-0.3, -0.25) is 4.68 Å². The third-order valence-corrected chi connectivity index (χ3v) is 2.67. The Morgan fingerprint density at radius 3 is 2.95 bits per heavy atom. The molecule has 1 N–H and O–H groups in total. The van der Waals surface area contributed by atoms with Gasteiger partial charge in [0.15, 0.2) is 0 Å². The highest BCUT2D eigenvalue weighted by atomic mass is 16.5. The minimum absolute atomic E-state index is 0.547. The molecule has 0 unspecified atom stereocenters. The number of hydrogen-bond acceptors (Lipinski definition) is 5. The molecule has 6 nitrogen and oxygen atoms in total. The molecule has 0 fully saturated rings. The first-order valence-corrected chi connectivity index (χ1v) is 6.09. The third kappa shape index (κ3) is 3.96. The number of aryl methyl sites for hydroxylation is 1. The molecule has 0 aliphatic heterocycles. The highest BCUT2D eigenvalue weighted by molar-refractivity contribution is 5.48. The number of hydrogen-bond donors (Lipinski definition) is 1. The summed E-state index contributed by atoms with van der Waals surface area (Å²) in [6, 6.07) is 7.82. The fraction of sp³-hybridized carbons (Fsp3) is 0.385. The van der Waals surface area contributed by atoms with Crippen molar-refractivity contribution in [1.82, 2.24) is 15.0 Å². The van der Waals surface area contributed by atoms with Crippen molar-refractivity contribution in [2.24, 2.45) is 7.05 Å². The minimum Gasteiger partial charge on any atom is -0.491 e. The van der Waals surface area contributed by atoms with Crippen molar-refractivity contribution in [3.8, 4) is 5.75 Å². The van der Waals surface area contributed by atoms with Gasteiger partial charge in [0, 0.05) is 25.9 Å². The van der Waals surface area contributed by atoms with Crippen LogP contribution in [0.2, 0.25) is 0 Å². The molecule has 0 aliphatic carbocycles. The number of aromatic nitrogens is 3. The van der Waals surface area contributed by atoms with Crippen molar-refractivity contribution in [2.45, 2.75) is 6.54 Å². The van der Waals surface area contributed by atoms with E-state index in [-0.39, 0.29) is 0 Å². The summed E-state index contributed by atoms with van der Waals surface area (Å²) < 4.78 is 12.2. The molecule has 0 bridgehead atoms. The van der Waals surface area contributed by atoms with Gasteiger partial charge in [0.05, 0.1) is 25.0 Å². The quantitative estimate of drug-likeness (QED) is 0.765. The van der Waals surface area contributed by atoms with Crippen LogP contribution >= 0.6 is 0 Å². The van der Waals surface area contributed by atoms with Gasteiger partial charge in [-0.1, -0.05) is 11.3 Å². The Kier molecular flexibility index (Phi) is 4.74. The summed E-state index contributed by atoms with van der Waals surface area (Å²) in [6.07, 6.45) is 1.74. The fourth-order valence-electron chi connectivity index (χ4n) is 1.60. The zero-order chi connectivity index (χ0) is 13.5. The molecule has 19 heavy (non-hydrogen) atoms. The van der Waals surface area contributed by atoms with Gasteiger partial charge in [0.2, 0.25) is 0 Å². The molecule has 0 radical (unpaired) electrons. The second-order valence-corrected chi connectivity index (χ2v) is 4.07. The summed E-state index contributed by atoms with van der Waals surface area (Å²) in [5.41, 5.74) is 2.02. The summed E-state index contributed by atoms with van der Waals surface area (Å²) in [4.78, 5) is 0. The van der Waals surface area contributed by atoms with E-state index in [0.29, 0.717) is 19.8 Å². The lowest BCUT2D eigenvalue weighted by molar-refractivity contribution is 0.146. The zero-order valence-electron chi connectivity index (χ0n) is 11.2. The molecule has 0 amide bonds. The molecule has 0 saturated carbocycles. The van der Waals surface area contributed by atoms with Gasteiger partial charge in [-0.25, -0.2) is 0 Å². The first kappa shape index (κ1) is 13.4. The Morgan fingerprint density at radius 1 is 1.32 bits per heavy atom. The first-order valence-electron chi connectivity index (χ1n) is 6.09. The molecule has 0 atom stereocenters. The van der Waals surface area contributed by atoms with E-state index in [0.717, 1.165) is 17.1 Å². The van der Waals surface area contributed by atoms with E-state index < -0.39 is 0 Å². The van der Waals surface area contributed by atoms with E-state index in [9.17, 15) is 0 Å². The summed E-state index contributed by atoms with van der Waals surface area (Å²) in [5.74, 6) is 0.824. The summed E-state index contributed by atoms with van der Waals surface area (Å²) in [7, 11) is 3.53. The van der Waals surface area contributed by atoms with Crippen LogP contribution < -0.4 is 10.1 Å². The van der Waals surface area contributed by atoms with Crippen LogP contribution in [0.15, 0.2) is 30.5 Å². The molecule has 2 rings (SSSR count). The molecule has 1 aromatic heterocycles. The van der Waals surface area contributed by atoms with Gasteiger partial charge < -0.3 is 14.8 Å². The van der Waals surface area contributed by atoms with Crippen molar-refractivity contribution >= 4 is 5.69 Å².